The molecule has 126 valence electrons. The molecule has 0 unspecified atom stereocenters. The molecule has 0 spiro atoms. The second-order valence-corrected chi connectivity index (χ2v) is 6.01. The van der Waals surface area contributed by atoms with Gasteiger partial charge in [0, 0.05) is 5.92 Å². The molecular weight excluding hydrogens is 311 g/mol. The number of carbonyl (C=O) groups is 1. The quantitative estimate of drug-likeness (QED) is 0.652. The molecule has 1 heterocycles. The molecule has 3 atom stereocenters. The maximum absolute atomic E-state index is 12.8. The van der Waals surface area contributed by atoms with Crippen LogP contribution in [0, 0.1) is 11.7 Å². The lowest BCUT2D eigenvalue weighted by molar-refractivity contribution is -0.127. The third-order valence-corrected chi connectivity index (χ3v) is 3.98. The number of hydrogen-bond donors (Lipinski definition) is 1. The number of nitrogens with one attached hydrogen (secondary N) is 1. The number of carbonyl (C=O) groups excluding carboxylic acids is 1. The van der Waals surface area contributed by atoms with Gasteiger partial charge in [0.05, 0.1) is 6.21 Å². The minimum absolute atomic E-state index is 0.359. The van der Waals surface area contributed by atoms with Crippen LogP contribution in [0.2, 0.25) is 0 Å². The van der Waals surface area contributed by atoms with Crippen molar-refractivity contribution in [2.75, 3.05) is 0 Å². The lowest BCUT2D eigenvalue weighted by atomic mass is 10.3. The van der Waals surface area contributed by atoms with Crippen LogP contribution in [0.4, 0.5) is 4.39 Å². The van der Waals surface area contributed by atoms with E-state index in [1.807, 2.05) is 12.1 Å². The van der Waals surface area contributed by atoms with Crippen molar-refractivity contribution in [2.45, 2.75) is 32.3 Å². The van der Waals surface area contributed by atoms with Gasteiger partial charge >= 0.3 is 0 Å². The van der Waals surface area contributed by atoms with Crippen LogP contribution in [0.25, 0.3) is 0 Å². The summed E-state index contributed by atoms with van der Waals surface area (Å²) in [7, 11) is 0. The summed E-state index contributed by atoms with van der Waals surface area (Å²) < 4.78 is 23.9. The molecule has 1 N–H and O–H groups in total. The maximum Gasteiger partial charge on any atom is 0.280 e. The highest BCUT2D eigenvalue weighted by atomic mass is 19.1. The van der Waals surface area contributed by atoms with E-state index in [1.54, 1.807) is 6.92 Å². The SMILES string of the molecule is C[C@@H]1C[C@@H]1c1ccc(/C=N\NC(=O)[C@@H](C)Oc2ccc(F)cc2)o1. The zero-order valence-electron chi connectivity index (χ0n) is 13.5. The van der Waals surface area contributed by atoms with Gasteiger partial charge < -0.3 is 9.15 Å². The third-order valence-electron chi connectivity index (χ3n) is 3.98. The van der Waals surface area contributed by atoms with E-state index < -0.39 is 12.0 Å². The first-order chi connectivity index (χ1) is 11.5. The molecule has 5 nitrogen and oxygen atoms in total. The predicted octanol–water partition coefficient (Wildman–Crippen LogP) is 3.46. The number of ether oxygens (including phenoxy) is 1. The highest BCUT2D eigenvalue weighted by Crippen LogP contribution is 2.47. The van der Waals surface area contributed by atoms with Crippen LogP contribution in [-0.4, -0.2) is 18.2 Å². The Labute approximate surface area is 139 Å². The highest BCUT2D eigenvalue weighted by molar-refractivity contribution is 5.83. The van der Waals surface area contributed by atoms with Crippen LogP contribution < -0.4 is 10.2 Å². The Hall–Kier alpha value is -2.63. The van der Waals surface area contributed by atoms with Crippen LogP contribution >= 0.6 is 0 Å². The Kier molecular flexibility index (Phi) is 4.64. The monoisotopic (exact) mass is 330 g/mol. The summed E-state index contributed by atoms with van der Waals surface area (Å²) in [5.41, 5.74) is 2.40. The molecular formula is C18H19FN2O3. The molecule has 1 fully saturated rings. The Morgan fingerprint density at radius 1 is 1.38 bits per heavy atom. The number of rotatable bonds is 6. The fraction of sp³-hybridized carbons (Fsp3) is 0.333. The van der Waals surface area contributed by atoms with Gasteiger partial charge in [-0.1, -0.05) is 6.92 Å². The first-order valence-electron chi connectivity index (χ1n) is 7.88. The Balaban J connectivity index is 1.49. The van der Waals surface area contributed by atoms with E-state index >= 15 is 0 Å². The van der Waals surface area contributed by atoms with Crippen molar-refractivity contribution in [3.05, 3.63) is 53.7 Å². The van der Waals surface area contributed by atoms with Crippen LogP contribution in [-0.2, 0) is 4.79 Å². The number of halogens is 1. The molecule has 3 rings (SSSR count). The molecule has 1 aromatic heterocycles. The fourth-order valence-electron chi connectivity index (χ4n) is 2.38. The Morgan fingerprint density at radius 3 is 2.75 bits per heavy atom. The zero-order chi connectivity index (χ0) is 17.1. The minimum atomic E-state index is -0.757. The van der Waals surface area contributed by atoms with Crippen LogP contribution in [0.1, 0.15) is 37.7 Å². The molecule has 1 aliphatic rings. The van der Waals surface area contributed by atoms with Gasteiger partial charge in [0.2, 0.25) is 0 Å². The van der Waals surface area contributed by atoms with E-state index in [4.69, 9.17) is 9.15 Å². The van der Waals surface area contributed by atoms with Crippen molar-refractivity contribution in [3.8, 4) is 5.75 Å². The molecule has 6 heteroatoms. The van der Waals surface area contributed by atoms with Crippen LogP contribution in [0.5, 0.6) is 5.75 Å². The summed E-state index contributed by atoms with van der Waals surface area (Å²) in [5.74, 6) is 2.38. The van der Waals surface area contributed by atoms with Crippen molar-refractivity contribution in [1.29, 1.82) is 0 Å². The highest BCUT2D eigenvalue weighted by Gasteiger charge is 2.36. The van der Waals surface area contributed by atoms with E-state index in [2.05, 4.69) is 17.5 Å². The Bertz CT molecular complexity index is 739. The molecule has 1 amide bonds. The molecule has 0 radical (unpaired) electrons. The normalized spacial score (nSPS) is 20.8. The van der Waals surface area contributed by atoms with Gasteiger partial charge in [-0.25, -0.2) is 9.82 Å². The molecule has 24 heavy (non-hydrogen) atoms. The van der Waals surface area contributed by atoms with Gasteiger partial charge in [-0.2, -0.15) is 5.10 Å². The van der Waals surface area contributed by atoms with Gasteiger partial charge in [-0.3, -0.25) is 4.79 Å². The molecule has 1 saturated carbocycles. The number of benzene rings is 1. The van der Waals surface area contributed by atoms with E-state index in [0.717, 1.165) is 12.2 Å². The number of furan rings is 1. The summed E-state index contributed by atoms with van der Waals surface area (Å²) in [4.78, 5) is 11.9. The molecule has 1 aromatic carbocycles. The molecule has 0 saturated heterocycles. The topological polar surface area (TPSA) is 63.8 Å². The lowest BCUT2D eigenvalue weighted by Crippen LogP contribution is -2.33. The number of amides is 1. The van der Waals surface area contributed by atoms with Crippen molar-refractivity contribution < 1.29 is 18.3 Å². The van der Waals surface area contributed by atoms with Gasteiger partial charge in [0.15, 0.2) is 6.10 Å². The van der Waals surface area contributed by atoms with Gasteiger partial charge in [0.25, 0.3) is 5.91 Å². The van der Waals surface area contributed by atoms with Crippen molar-refractivity contribution >= 4 is 12.1 Å². The van der Waals surface area contributed by atoms with Gasteiger partial charge in [0.1, 0.15) is 23.1 Å². The van der Waals surface area contributed by atoms with Gasteiger partial charge in [-0.15, -0.1) is 0 Å². The third kappa shape index (κ3) is 4.01. The maximum atomic E-state index is 12.8. The van der Waals surface area contributed by atoms with Crippen LogP contribution in [0.3, 0.4) is 0 Å². The van der Waals surface area contributed by atoms with Crippen molar-refractivity contribution in [3.63, 3.8) is 0 Å². The molecule has 0 bridgehead atoms. The van der Waals surface area contributed by atoms with Crippen molar-refractivity contribution in [2.24, 2.45) is 11.0 Å². The second-order valence-electron chi connectivity index (χ2n) is 6.01. The fourth-order valence-corrected chi connectivity index (χ4v) is 2.38. The van der Waals surface area contributed by atoms with E-state index in [0.29, 0.717) is 23.3 Å². The summed E-state index contributed by atoms with van der Waals surface area (Å²) in [5, 5.41) is 3.87. The molecule has 0 aliphatic heterocycles. The van der Waals surface area contributed by atoms with Crippen molar-refractivity contribution in [1.82, 2.24) is 5.43 Å². The zero-order valence-corrected chi connectivity index (χ0v) is 13.5. The smallest absolute Gasteiger partial charge is 0.280 e. The predicted molar refractivity (Wildman–Crippen MR) is 87.5 cm³/mol. The average Bonchev–Trinajstić information content (AvgIpc) is 3.10. The van der Waals surface area contributed by atoms with E-state index in [9.17, 15) is 9.18 Å². The Morgan fingerprint density at radius 2 is 2.08 bits per heavy atom. The number of nitrogens with zero attached hydrogens (tertiary/aromatic N) is 1. The number of hydrogen-bond acceptors (Lipinski definition) is 4. The van der Waals surface area contributed by atoms with E-state index in [1.165, 1.54) is 30.5 Å². The number of hydrazone groups is 1. The molecule has 2 aromatic rings. The van der Waals surface area contributed by atoms with Crippen LogP contribution in [0.15, 0.2) is 45.9 Å². The van der Waals surface area contributed by atoms with Gasteiger partial charge in [-0.05, 0) is 55.7 Å². The summed E-state index contributed by atoms with van der Waals surface area (Å²) in [6.07, 6.45) is 1.85. The summed E-state index contributed by atoms with van der Waals surface area (Å²) in [6, 6.07) is 9.24. The molecule has 1 aliphatic carbocycles. The first-order valence-corrected chi connectivity index (χ1v) is 7.88. The largest absolute Gasteiger partial charge is 0.481 e. The summed E-state index contributed by atoms with van der Waals surface area (Å²) >= 11 is 0. The average molecular weight is 330 g/mol. The lowest BCUT2D eigenvalue weighted by Gasteiger charge is -2.12. The second kappa shape index (κ2) is 6.86. The minimum Gasteiger partial charge on any atom is -0.481 e. The summed E-state index contributed by atoms with van der Waals surface area (Å²) in [6.45, 7) is 3.78. The first kappa shape index (κ1) is 16.2. The standard InChI is InChI=1S/C18H19FN2O3/c1-11-9-16(11)17-8-7-15(24-17)10-20-21-18(22)12(2)23-14-5-3-13(19)4-6-14/h3-8,10-12,16H,9H2,1-2H3,(H,21,22)/b20-10-/t11-,12-,16+/m1/s1. The van der Waals surface area contributed by atoms with E-state index in [-0.39, 0.29) is 5.82 Å².